The van der Waals surface area contributed by atoms with Gasteiger partial charge >= 0.3 is 5.97 Å². The molecule has 108 valence electrons. The summed E-state index contributed by atoms with van der Waals surface area (Å²) in [7, 11) is 1.71. The summed E-state index contributed by atoms with van der Waals surface area (Å²) in [5, 5.41) is 8.87. The van der Waals surface area contributed by atoms with Crippen LogP contribution in [-0.4, -0.2) is 59.4 Å². The van der Waals surface area contributed by atoms with Crippen LogP contribution < -0.4 is 0 Å². The van der Waals surface area contributed by atoms with Crippen LogP contribution in [0.2, 0.25) is 0 Å². The van der Waals surface area contributed by atoms with Gasteiger partial charge in [0.1, 0.15) is 6.54 Å². The molecular weight excluding hydrogens is 248 g/mol. The van der Waals surface area contributed by atoms with Gasteiger partial charge in [-0.1, -0.05) is 13.8 Å². The van der Waals surface area contributed by atoms with Crippen LogP contribution in [0, 0.1) is 11.8 Å². The normalized spacial score (nSPS) is 19.7. The predicted octanol–water partition coefficient (Wildman–Crippen LogP) is 0.424. The summed E-state index contributed by atoms with van der Waals surface area (Å²) in [5.74, 6) is -1.46. The van der Waals surface area contributed by atoms with Crippen LogP contribution in [0.15, 0.2) is 0 Å². The fourth-order valence-electron chi connectivity index (χ4n) is 2.25. The Kier molecular flexibility index (Phi) is 5.32. The highest BCUT2D eigenvalue weighted by Crippen LogP contribution is 2.20. The fourth-order valence-corrected chi connectivity index (χ4v) is 2.25. The number of hydrogen-bond acceptors (Lipinski definition) is 3. The third-order valence-electron chi connectivity index (χ3n) is 3.23. The molecular formula is C13H22N2O4. The molecule has 19 heavy (non-hydrogen) atoms. The number of carboxylic acid groups (broad SMARTS) is 1. The Balaban J connectivity index is 2.70. The first kappa shape index (κ1) is 15.5. The summed E-state index contributed by atoms with van der Waals surface area (Å²) in [4.78, 5) is 37.7. The molecule has 1 saturated heterocycles. The second-order valence-corrected chi connectivity index (χ2v) is 5.51. The van der Waals surface area contributed by atoms with E-state index in [0.29, 0.717) is 19.5 Å². The number of carbonyl (C=O) groups is 3. The van der Waals surface area contributed by atoms with Gasteiger partial charge in [0.25, 0.3) is 0 Å². The third-order valence-corrected chi connectivity index (χ3v) is 3.23. The lowest BCUT2D eigenvalue weighted by atomic mass is 9.94. The lowest BCUT2D eigenvalue weighted by Gasteiger charge is -2.32. The second kappa shape index (κ2) is 6.54. The maximum atomic E-state index is 12.3. The molecule has 0 aliphatic carbocycles. The first-order valence-corrected chi connectivity index (χ1v) is 6.55. The lowest BCUT2D eigenvalue weighted by Crippen LogP contribution is -2.46. The van der Waals surface area contributed by atoms with Gasteiger partial charge in [0.05, 0.1) is 0 Å². The molecule has 1 rings (SSSR count). The van der Waals surface area contributed by atoms with Crippen molar-refractivity contribution >= 4 is 17.8 Å². The van der Waals surface area contributed by atoms with Crippen molar-refractivity contribution in [3.8, 4) is 0 Å². The summed E-state index contributed by atoms with van der Waals surface area (Å²) < 4.78 is 0. The highest BCUT2D eigenvalue weighted by molar-refractivity contribution is 5.88. The van der Waals surface area contributed by atoms with Crippen molar-refractivity contribution in [3.63, 3.8) is 0 Å². The number of carbonyl (C=O) groups excluding carboxylic acids is 2. The number of carboxylic acids is 1. The summed E-state index contributed by atoms with van der Waals surface area (Å²) >= 11 is 0. The Hall–Kier alpha value is -1.59. The van der Waals surface area contributed by atoms with E-state index in [4.69, 9.17) is 5.11 Å². The molecule has 0 bridgehead atoms. The number of amides is 2. The van der Waals surface area contributed by atoms with E-state index in [-0.39, 0.29) is 36.6 Å². The summed E-state index contributed by atoms with van der Waals surface area (Å²) in [6.07, 6.45) is 0.791. The molecule has 1 N–H and O–H groups in total. The van der Waals surface area contributed by atoms with Crippen LogP contribution in [0.25, 0.3) is 0 Å². The quantitative estimate of drug-likeness (QED) is 0.785. The van der Waals surface area contributed by atoms with Gasteiger partial charge in [-0.3, -0.25) is 14.4 Å². The minimum absolute atomic E-state index is 0.0515. The van der Waals surface area contributed by atoms with Crippen molar-refractivity contribution in [2.75, 3.05) is 26.7 Å². The SMILES string of the molecule is CC(C)CN(CC(=O)O)C(=O)[C@H]1CCN(C)C(=O)C1. The van der Waals surface area contributed by atoms with Gasteiger partial charge in [-0.15, -0.1) is 0 Å². The number of nitrogens with zero attached hydrogens (tertiary/aromatic N) is 2. The Morgan fingerprint density at radius 1 is 1.47 bits per heavy atom. The van der Waals surface area contributed by atoms with Crippen LogP contribution in [0.1, 0.15) is 26.7 Å². The molecule has 0 saturated carbocycles. The summed E-state index contributed by atoms with van der Waals surface area (Å²) in [5.41, 5.74) is 0. The molecule has 1 fully saturated rings. The maximum Gasteiger partial charge on any atom is 0.323 e. The Morgan fingerprint density at radius 2 is 2.11 bits per heavy atom. The van der Waals surface area contributed by atoms with E-state index in [9.17, 15) is 14.4 Å². The fraction of sp³-hybridized carbons (Fsp3) is 0.769. The van der Waals surface area contributed by atoms with E-state index in [2.05, 4.69) is 0 Å². The van der Waals surface area contributed by atoms with Crippen molar-refractivity contribution in [2.24, 2.45) is 11.8 Å². The van der Waals surface area contributed by atoms with Crippen molar-refractivity contribution in [1.29, 1.82) is 0 Å². The number of hydrogen-bond donors (Lipinski definition) is 1. The van der Waals surface area contributed by atoms with Crippen LogP contribution >= 0.6 is 0 Å². The number of rotatable bonds is 5. The summed E-state index contributed by atoms with van der Waals surface area (Å²) in [6.45, 7) is 4.53. The average molecular weight is 270 g/mol. The molecule has 0 aromatic rings. The van der Waals surface area contributed by atoms with E-state index in [1.807, 2.05) is 13.8 Å². The molecule has 2 amide bonds. The van der Waals surface area contributed by atoms with Crippen LogP contribution in [0.3, 0.4) is 0 Å². The second-order valence-electron chi connectivity index (χ2n) is 5.51. The van der Waals surface area contributed by atoms with Gasteiger partial charge in [-0.25, -0.2) is 0 Å². The molecule has 6 heteroatoms. The standard InChI is InChI=1S/C13H22N2O4/c1-9(2)7-15(8-12(17)18)13(19)10-4-5-14(3)11(16)6-10/h9-10H,4-8H2,1-3H3,(H,17,18)/t10-/m0/s1. The first-order valence-electron chi connectivity index (χ1n) is 6.55. The molecule has 1 atom stereocenters. The maximum absolute atomic E-state index is 12.3. The topological polar surface area (TPSA) is 77.9 Å². The number of piperidine rings is 1. The lowest BCUT2D eigenvalue weighted by molar-refractivity contribution is -0.149. The highest BCUT2D eigenvalue weighted by atomic mass is 16.4. The van der Waals surface area contributed by atoms with E-state index in [1.165, 1.54) is 4.90 Å². The zero-order chi connectivity index (χ0) is 14.6. The van der Waals surface area contributed by atoms with Crippen molar-refractivity contribution in [3.05, 3.63) is 0 Å². The van der Waals surface area contributed by atoms with Crippen LogP contribution in [-0.2, 0) is 14.4 Å². The largest absolute Gasteiger partial charge is 0.480 e. The first-order chi connectivity index (χ1) is 8.81. The van der Waals surface area contributed by atoms with Gasteiger partial charge in [-0.05, 0) is 12.3 Å². The Bertz CT molecular complexity index is 368. The van der Waals surface area contributed by atoms with Crippen molar-refractivity contribution in [1.82, 2.24) is 9.80 Å². The molecule has 0 aromatic heterocycles. The predicted molar refractivity (Wildman–Crippen MR) is 69.4 cm³/mol. The van der Waals surface area contributed by atoms with Crippen molar-refractivity contribution in [2.45, 2.75) is 26.7 Å². The number of aliphatic carboxylic acids is 1. The summed E-state index contributed by atoms with van der Waals surface area (Å²) in [6, 6.07) is 0. The average Bonchev–Trinajstić information content (AvgIpc) is 2.29. The van der Waals surface area contributed by atoms with E-state index >= 15 is 0 Å². The highest BCUT2D eigenvalue weighted by Gasteiger charge is 2.32. The minimum atomic E-state index is -1.02. The Morgan fingerprint density at radius 3 is 2.58 bits per heavy atom. The zero-order valence-electron chi connectivity index (χ0n) is 11.8. The van der Waals surface area contributed by atoms with Gasteiger partial charge in [-0.2, -0.15) is 0 Å². The van der Waals surface area contributed by atoms with Gasteiger partial charge < -0.3 is 14.9 Å². The third kappa shape index (κ3) is 4.54. The van der Waals surface area contributed by atoms with Gasteiger partial charge in [0, 0.05) is 32.5 Å². The van der Waals surface area contributed by atoms with E-state index in [1.54, 1.807) is 11.9 Å². The minimum Gasteiger partial charge on any atom is -0.480 e. The zero-order valence-corrected chi connectivity index (χ0v) is 11.8. The molecule has 0 radical (unpaired) electrons. The Labute approximate surface area is 113 Å². The molecule has 1 heterocycles. The van der Waals surface area contributed by atoms with Gasteiger partial charge in [0.2, 0.25) is 11.8 Å². The number of likely N-dealkylation sites (tertiary alicyclic amines) is 1. The molecule has 1 aliphatic rings. The molecule has 1 aliphatic heterocycles. The molecule has 0 spiro atoms. The van der Waals surface area contributed by atoms with E-state index in [0.717, 1.165) is 0 Å². The monoisotopic (exact) mass is 270 g/mol. The van der Waals surface area contributed by atoms with E-state index < -0.39 is 5.97 Å². The smallest absolute Gasteiger partial charge is 0.323 e. The van der Waals surface area contributed by atoms with Crippen molar-refractivity contribution < 1.29 is 19.5 Å². The van der Waals surface area contributed by atoms with Crippen LogP contribution in [0.5, 0.6) is 0 Å². The molecule has 6 nitrogen and oxygen atoms in total. The van der Waals surface area contributed by atoms with Gasteiger partial charge in [0.15, 0.2) is 0 Å². The van der Waals surface area contributed by atoms with Crippen LogP contribution in [0.4, 0.5) is 0 Å². The molecule has 0 aromatic carbocycles. The molecule has 0 unspecified atom stereocenters.